The van der Waals surface area contributed by atoms with E-state index in [4.69, 9.17) is 4.74 Å². The number of para-hydroxylation sites is 1. The lowest BCUT2D eigenvalue weighted by atomic mass is 10.1. The molecule has 3 aromatic rings. The Hall–Kier alpha value is -3.85. The third-order valence-electron chi connectivity index (χ3n) is 5.38. The summed E-state index contributed by atoms with van der Waals surface area (Å²) in [5, 5.41) is 2.30. The average Bonchev–Trinajstić information content (AvgIpc) is 2.89. The lowest BCUT2D eigenvalue weighted by Gasteiger charge is -2.28. The third kappa shape index (κ3) is 6.60. The molecule has 3 amide bonds. The van der Waals surface area contributed by atoms with Crippen LogP contribution in [0.15, 0.2) is 78.9 Å². The number of carbonyl (C=O) groups is 3. The second-order valence-electron chi connectivity index (χ2n) is 7.90. The van der Waals surface area contributed by atoms with Gasteiger partial charge in [0.2, 0.25) is 5.91 Å². The minimum Gasteiger partial charge on any atom is -0.483 e. The molecular formula is C26H24FN3O4S. The molecule has 1 aliphatic rings. The van der Waals surface area contributed by atoms with Crippen LogP contribution in [-0.4, -0.2) is 41.4 Å². The van der Waals surface area contributed by atoms with Crippen LogP contribution in [0.3, 0.4) is 0 Å². The minimum atomic E-state index is -0.781. The Kier molecular flexibility index (Phi) is 7.99. The SMILES string of the molecule is O=C(COc1ccccc1-c1ccccc1)NNC(=O)C1CSC(Cc2ccc(F)cc2)C(=O)N1. The van der Waals surface area contributed by atoms with Crippen molar-refractivity contribution >= 4 is 29.5 Å². The molecule has 2 unspecified atom stereocenters. The average molecular weight is 494 g/mol. The third-order valence-corrected chi connectivity index (χ3v) is 6.69. The van der Waals surface area contributed by atoms with Crippen molar-refractivity contribution in [2.24, 2.45) is 0 Å². The van der Waals surface area contributed by atoms with Gasteiger partial charge in [0.1, 0.15) is 17.6 Å². The molecule has 3 aromatic carbocycles. The van der Waals surface area contributed by atoms with Crippen LogP contribution in [0, 0.1) is 5.82 Å². The molecule has 0 saturated carbocycles. The van der Waals surface area contributed by atoms with Gasteiger partial charge < -0.3 is 10.1 Å². The number of rotatable bonds is 7. The number of carbonyl (C=O) groups excluding carboxylic acids is 3. The van der Waals surface area contributed by atoms with E-state index in [2.05, 4.69) is 16.2 Å². The number of halogens is 1. The Labute approximate surface area is 206 Å². The highest BCUT2D eigenvalue weighted by Crippen LogP contribution is 2.29. The van der Waals surface area contributed by atoms with Crippen molar-refractivity contribution < 1.29 is 23.5 Å². The van der Waals surface area contributed by atoms with E-state index in [0.717, 1.165) is 16.7 Å². The predicted octanol–water partition coefficient (Wildman–Crippen LogP) is 2.86. The quantitative estimate of drug-likeness (QED) is 0.440. The van der Waals surface area contributed by atoms with Gasteiger partial charge in [-0.25, -0.2) is 4.39 Å². The van der Waals surface area contributed by atoms with Gasteiger partial charge in [0.05, 0.1) is 5.25 Å². The number of thioether (sulfide) groups is 1. The Morgan fingerprint density at radius 1 is 0.971 bits per heavy atom. The number of hydrogen-bond donors (Lipinski definition) is 3. The first kappa shape index (κ1) is 24.3. The molecule has 180 valence electrons. The first-order valence-electron chi connectivity index (χ1n) is 11.0. The lowest BCUT2D eigenvalue weighted by molar-refractivity contribution is -0.132. The van der Waals surface area contributed by atoms with Gasteiger partial charge in [-0.15, -0.1) is 11.8 Å². The summed E-state index contributed by atoms with van der Waals surface area (Å²) in [5.41, 5.74) is 7.30. The maximum atomic E-state index is 13.1. The molecule has 3 N–H and O–H groups in total. The van der Waals surface area contributed by atoms with Crippen molar-refractivity contribution in [3.05, 3.63) is 90.2 Å². The van der Waals surface area contributed by atoms with Gasteiger partial charge in [-0.1, -0.05) is 60.7 Å². The van der Waals surface area contributed by atoms with E-state index < -0.39 is 17.9 Å². The molecule has 4 rings (SSSR count). The lowest BCUT2D eigenvalue weighted by Crippen LogP contribution is -2.57. The van der Waals surface area contributed by atoms with Gasteiger partial charge in [0.15, 0.2) is 6.61 Å². The van der Waals surface area contributed by atoms with Crippen LogP contribution < -0.4 is 20.9 Å². The molecule has 1 heterocycles. The smallest absolute Gasteiger partial charge is 0.276 e. The van der Waals surface area contributed by atoms with Crippen molar-refractivity contribution in [2.75, 3.05) is 12.4 Å². The highest BCUT2D eigenvalue weighted by molar-refractivity contribution is 8.00. The van der Waals surface area contributed by atoms with E-state index in [9.17, 15) is 18.8 Å². The van der Waals surface area contributed by atoms with Crippen molar-refractivity contribution in [1.82, 2.24) is 16.2 Å². The molecule has 1 fully saturated rings. The van der Waals surface area contributed by atoms with Crippen molar-refractivity contribution in [3.63, 3.8) is 0 Å². The topological polar surface area (TPSA) is 96.5 Å². The standard InChI is InChI=1S/C26H24FN3O4S/c27-19-12-10-17(11-13-19)14-23-26(33)28-21(16-35-23)25(32)30-29-24(31)15-34-22-9-5-4-8-20(22)18-6-2-1-3-7-18/h1-13,21,23H,14-16H2,(H,28,33)(H,29,31)(H,30,32). The summed E-state index contributed by atoms with van der Waals surface area (Å²) < 4.78 is 18.7. The predicted molar refractivity (Wildman–Crippen MR) is 132 cm³/mol. The summed E-state index contributed by atoms with van der Waals surface area (Å²) >= 11 is 1.34. The number of benzene rings is 3. The Balaban J connectivity index is 1.23. The van der Waals surface area contributed by atoms with Gasteiger partial charge in [-0.3, -0.25) is 25.2 Å². The number of hydrazine groups is 1. The number of hydrogen-bond acceptors (Lipinski definition) is 5. The molecule has 7 nitrogen and oxygen atoms in total. The summed E-state index contributed by atoms with van der Waals surface area (Å²) in [6.45, 7) is -0.296. The van der Waals surface area contributed by atoms with Crippen LogP contribution in [0.1, 0.15) is 5.56 Å². The molecule has 1 aliphatic heterocycles. The van der Waals surface area contributed by atoms with Crippen molar-refractivity contribution in [1.29, 1.82) is 0 Å². The molecule has 0 aromatic heterocycles. The molecule has 9 heteroatoms. The fourth-order valence-electron chi connectivity index (χ4n) is 3.57. The normalized spacial score (nSPS) is 17.2. The zero-order chi connectivity index (χ0) is 24.6. The number of amides is 3. The van der Waals surface area contributed by atoms with Gasteiger partial charge in [0.25, 0.3) is 11.8 Å². The highest BCUT2D eigenvalue weighted by Gasteiger charge is 2.32. The van der Waals surface area contributed by atoms with Crippen LogP contribution >= 0.6 is 11.8 Å². The molecule has 35 heavy (non-hydrogen) atoms. The van der Waals surface area contributed by atoms with E-state index in [1.165, 1.54) is 23.9 Å². The van der Waals surface area contributed by atoms with Crippen LogP contribution in [0.25, 0.3) is 11.1 Å². The van der Waals surface area contributed by atoms with Gasteiger partial charge in [-0.2, -0.15) is 0 Å². The van der Waals surface area contributed by atoms with Gasteiger partial charge >= 0.3 is 0 Å². The molecule has 2 atom stereocenters. The zero-order valence-corrected chi connectivity index (χ0v) is 19.5. The first-order chi connectivity index (χ1) is 17.0. The summed E-state index contributed by atoms with van der Waals surface area (Å²) in [6.07, 6.45) is 0.434. The van der Waals surface area contributed by atoms with E-state index >= 15 is 0 Å². The minimum absolute atomic E-state index is 0.280. The molecule has 0 radical (unpaired) electrons. The Morgan fingerprint density at radius 3 is 2.43 bits per heavy atom. The first-order valence-corrected chi connectivity index (χ1v) is 12.1. The molecule has 0 aliphatic carbocycles. The van der Waals surface area contributed by atoms with E-state index in [-0.39, 0.29) is 23.6 Å². The number of ether oxygens (including phenoxy) is 1. The van der Waals surface area contributed by atoms with Crippen molar-refractivity contribution in [2.45, 2.75) is 17.7 Å². The van der Waals surface area contributed by atoms with Crippen LogP contribution in [0.4, 0.5) is 4.39 Å². The summed E-state index contributed by atoms with van der Waals surface area (Å²) in [6, 6.07) is 22.2. The van der Waals surface area contributed by atoms with E-state index in [1.54, 1.807) is 18.2 Å². The fraction of sp³-hybridized carbons (Fsp3) is 0.192. The summed E-state index contributed by atoms with van der Waals surface area (Å²) in [4.78, 5) is 37.1. The molecule has 0 bridgehead atoms. The second-order valence-corrected chi connectivity index (χ2v) is 9.14. The maximum absolute atomic E-state index is 13.1. The molecule has 1 saturated heterocycles. The van der Waals surface area contributed by atoms with Gasteiger partial charge in [0, 0.05) is 11.3 Å². The van der Waals surface area contributed by atoms with Crippen molar-refractivity contribution in [3.8, 4) is 16.9 Å². The molecular weight excluding hydrogens is 469 g/mol. The Bertz CT molecular complexity index is 1190. The van der Waals surface area contributed by atoms with E-state index in [1.807, 2.05) is 48.5 Å². The largest absolute Gasteiger partial charge is 0.483 e. The van der Waals surface area contributed by atoms with Crippen LogP contribution in [0.2, 0.25) is 0 Å². The monoisotopic (exact) mass is 493 g/mol. The summed E-state index contributed by atoms with van der Waals surface area (Å²) in [7, 11) is 0. The maximum Gasteiger partial charge on any atom is 0.276 e. The summed E-state index contributed by atoms with van der Waals surface area (Å²) in [5.74, 6) is -0.783. The fourth-order valence-corrected chi connectivity index (χ4v) is 4.76. The van der Waals surface area contributed by atoms with Crippen LogP contribution in [-0.2, 0) is 20.8 Å². The zero-order valence-electron chi connectivity index (χ0n) is 18.7. The number of nitrogens with one attached hydrogen (secondary N) is 3. The highest BCUT2D eigenvalue weighted by atomic mass is 32.2. The van der Waals surface area contributed by atoms with E-state index in [0.29, 0.717) is 17.9 Å². The van der Waals surface area contributed by atoms with Crippen LogP contribution in [0.5, 0.6) is 5.75 Å². The van der Waals surface area contributed by atoms with Gasteiger partial charge in [-0.05, 0) is 35.7 Å². The second kappa shape index (κ2) is 11.5. The Morgan fingerprint density at radius 2 is 1.69 bits per heavy atom. The molecule has 0 spiro atoms.